The number of pyridine rings is 1. The van der Waals surface area contributed by atoms with Crippen LogP contribution in [0.1, 0.15) is 49.9 Å². The van der Waals surface area contributed by atoms with Gasteiger partial charge in [-0.1, -0.05) is 25.1 Å². The monoisotopic (exact) mass is 439 g/mol. The highest BCUT2D eigenvalue weighted by Crippen LogP contribution is 2.30. The lowest BCUT2D eigenvalue weighted by molar-refractivity contribution is -0.158. The Morgan fingerprint density at radius 3 is 2.22 bits per heavy atom. The summed E-state index contributed by atoms with van der Waals surface area (Å²) in [4.78, 5) is 21.7. The predicted octanol–water partition coefficient (Wildman–Crippen LogP) is 4.30. The third-order valence-electron chi connectivity index (χ3n) is 5.96. The molecule has 0 saturated carbocycles. The van der Waals surface area contributed by atoms with Crippen LogP contribution in [0.2, 0.25) is 0 Å². The normalized spacial score (nSPS) is 15.0. The molecule has 0 radical (unpaired) electrons. The maximum absolute atomic E-state index is 12.2. The van der Waals surface area contributed by atoms with Crippen LogP contribution in [0.5, 0.6) is 5.75 Å². The number of benzene rings is 1. The van der Waals surface area contributed by atoms with Gasteiger partial charge in [0.15, 0.2) is 5.60 Å². The van der Waals surface area contributed by atoms with Crippen LogP contribution in [-0.2, 0) is 22.5 Å². The van der Waals surface area contributed by atoms with E-state index in [0.29, 0.717) is 6.61 Å². The number of rotatable bonds is 8. The molecule has 0 amide bonds. The number of esters is 1. The fourth-order valence-electron chi connectivity index (χ4n) is 4.10. The van der Waals surface area contributed by atoms with E-state index in [4.69, 9.17) is 9.47 Å². The molecule has 1 aromatic heterocycles. The summed E-state index contributed by atoms with van der Waals surface area (Å²) in [6.07, 6.45) is 3.00. The summed E-state index contributed by atoms with van der Waals surface area (Å²) < 4.78 is 11.3. The zero-order chi connectivity index (χ0) is 23.3. The van der Waals surface area contributed by atoms with Gasteiger partial charge in [0, 0.05) is 38.9 Å². The Bertz CT molecular complexity index is 893. The largest absolute Gasteiger partial charge is 0.476 e. The van der Waals surface area contributed by atoms with Gasteiger partial charge in [-0.05, 0) is 69.4 Å². The van der Waals surface area contributed by atoms with E-state index in [1.165, 1.54) is 11.1 Å². The number of carbonyl (C=O) groups is 1. The zero-order valence-corrected chi connectivity index (χ0v) is 20.4. The Balaban J connectivity index is 1.60. The smallest absolute Gasteiger partial charge is 0.349 e. The molecule has 0 atom stereocenters. The Morgan fingerprint density at radius 2 is 1.69 bits per heavy atom. The molecule has 0 spiro atoms. The maximum atomic E-state index is 12.2. The quantitative estimate of drug-likeness (QED) is 0.572. The highest BCUT2D eigenvalue weighted by molar-refractivity contribution is 5.79. The van der Waals surface area contributed by atoms with Gasteiger partial charge in [0.25, 0.3) is 0 Å². The van der Waals surface area contributed by atoms with E-state index >= 15 is 0 Å². The van der Waals surface area contributed by atoms with Gasteiger partial charge >= 0.3 is 5.97 Å². The van der Waals surface area contributed by atoms with E-state index in [0.717, 1.165) is 61.8 Å². The Labute approximate surface area is 192 Å². The highest BCUT2D eigenvalue weighted by atomic mass is 16.6. The molecule has 1 saturated heterocycles. The molecule has 0 unspecified atom stereocenters. The minimum absolute atomic E-state index is 0.343. The first-order valence-corrected chi connectivity index (χ1v) is 11.6. The molecule has 0 aliphatic carbocycles. The molecule has 0 N–H and O–H groups in total. The van der Waals surface area contributed by atoms with Crippen LogP contribution < -0.4 is 9.64 Å². The predicted molar refractivity (Wildman–Crippen MR) is 128 cm³/mol. The number of hydrogen-bond donors (Lipinski definition) is 0. The highest BCUT2D eigenvalue weighted by Gasteiger charge is 2.32. The zero-order valence-electron chi connectivity index (χ0n) is 20.4. The third-order valence-corrected chi connectivity index (χ3v) is 5.96. The molecule has 6 nitrogen and oxygen atoms in total. The fourth-order valence-corrected chi connectivity index (χ4v) is 4.10. The lowest BCUT2D eigenvalue weighted by atomic mass is 10.0. The molecule has 32 heavy (non-hydrogen) atoms. The molecule has 1 aliphatic heterocycles. The number of nitrogens with zero attached hydrogens (tertiary/aromatic N) is 3. The van der Waals surface area contributed by atoms with Crippen molar-refractivity contribution in [3.63, 3.8) is 0 Å². The molecule has 6 heteroatoms. The van der Waals surface area contributed by atoms with Crippen LogP contribution in [0.4, 0.5) is 5.82 Å². The van der Waals surface area contributed by atoms with Gasteiger partial charge in [0.2, 0.25) is 0 Å². The van der Waals surface area contributed by atoms with Crippen molar-refractivity contribution in [2.75, 3.05) is 37.7 Å². The van der Waals surface area contributed by atoms with E-state index in [1.807, 2.05) is 20.0 Å². The van der Waals surface area contributed by atoms with Crippen molar-refractivity contribution in [3.8, 4) is 5.75 Å². The molecule has 2 heterocycles. The number of anilines is 1. The average molecular weight is 440 g/mol. The standard InChI is InChI=1S/C26H37N3O3/c1-7-21-9-10-23(27-17-21)29-13-11-28(12-14-29)18-22-15-19(3)24(20(4)16-22)32-26(5,6)25(30)31-8-2/h9-10,15-17H,7-8,11-14,18H2,1-6H3. The first kappa shape index (κ1) is 24.1. The topological polar surface area (TPSA) is 54.9 Å². The molecule has 1 aromatic carbocycles. The summed E-state index contributed by atoms with van der Waals surface area (Å²) in [6, 6.07) is 8.65. The van der Waals surface area contributed by atoms with Gasteiger partial charge < -0.3 is 14.4 Å². The first-order chi connectivity index (χ1) is 15.2. The Hall–Kier alpha value is -2.60. The maximum Gasteiger partial charge on any atom is 0.349 e. The summed E-state index contributed by atoms with van der Waals surface area (Å²) >= 11 is 0. The van der Waals surface area contributed by atoms with Crippen LogP contribution in [0.25, 0.3) is 0 Å². The average Bonchev–Trinajstić information content (AvgIpc) is 2.77. The second kappa shape index (κ2) is 10.3. The summed E-state index contributed by atoms with van der Waals surface area (Å²) in [6.45, 7) is 16.7. The number of carbonyl (C=O) groups excluding carboxylic acids is 1. The van der Waals surface area contributed by atoms with E-state index in [9.17, 15) is 4.79 Å². The van der Waals surface area contributed by atoms with Crippen LogP contribution in [-0.4, -0.2) is 54.2 Å². The summed E-state index contributed by atoms with van der Waals surface area (Å²) in [5.41, 5.74) is 3.59. The van der Waals surface area contributed by atoms with Gasteiger partial charge in [-0.25, -0.2) is 9.78 Å². The number of piperazine rings is 1. The summed E-state index contributed by atoms with van der Waals surface area (Å²) in [7, 11) is 0. The van der Waals surface area contributed by atoms with Gasteiger partial charge in [0.1, 0.15) is 11.6 Å². The summed E-state index contributed by atoms with van der Waals surface area (Å²) in [5, 5.41) is 0. The van der Waals surface area contributed by atoms with Crippen LogP contribution >= 0.6 is 0 Å². The minimum Gasteiger partial charge on any atom is -0.476 e. The second-order valence-corrected chi connectivity index (χ2v) is 9.03. The van der Waals surface area contributed by atoms with E-state index < -0.39 is 5.60 Å². The summed E-state index contributed by atoms with van der Waals surface area (Å²) in [5.74, 6) is 1.48. The van der Waals surface area contributed by atoms with Gasteiger partial charge in [-0.3, -0.25) is 4.90 Å². The molecule has 3 rings (SSSR count). The third kappa shape index (κ3) is 5.80. The van der Waals surface area contributed by atoms with Gasteiger partial charge in [0.05, 0.1) is 6.61 Å². The van der Waals surface area contributed by atoms with Crippen molar-refractivity contribution in [2.45, 2.75) is 60.1 Å². The fraction of sp³-hybridized carbons (Fsp3) is 0.538. The number of aryl methyl sites for hydroxylation is 3. The Kier molecular flexibility index (Phi) is 7.77. The number of hydrogen-bond acceptors (Lipinski definition) is 6. The second-order valence-electron chi connectivity index (χ2n) is 9.03. The molecule has 174 valence electrons. The van der Waals surface area contributed by atoms with Crippen molar-refractivity contribution in [3.05, 3.63) is 52.7 Å². The van der Waals surface area contributed by atoms with Gasteiger partial charge in [-0.2, -0.15) is 0 Å². The first-order valence-electron chi connectivity index (χ1n) is 11.6. The SMILES string of the molecule is CCOC(=O)C(C)(C)Oc1c(C)cc(CN2CCN(c3ccc(CC)cn3)CC2)cc1C. The number of aromatic nitrogens is 1. The number of ether oxygens (including phenoxy) is 2. The Morgan fingerprint density at radius 1 is 1.03 bits per heavy atom. The van der Waals surface area contributed by atoms with Crippen molar-refractivity contribution >= 4 is 11.8 Å². The molecule has 2 aromatic rings. The van der Waals surface area contributed by atoms with E-state index in [2.05, 4.69) is 46.0 Å². The molecule has 1 fully saturated rings. The van der Waals surface area contributed by atoms with E-state index in [1.54, 1.807) is 20.8 Å². The minimum atomic E-state index is -1.02. The van der Waals surface area contributed by atoms with Crippen LogP contribution in [0.3, 0.4) is 0 Å². The molecule has 0 bridgehead atoms. The van der Waals surface area contributed by atoms with Gasteiger partial charge in [-0.15, -0.1) is 0 Å². The molecule has 1 aliphatic rings. The van der Waals surface area contributed by atoms with Crippen LogP contribution in [0, 0.1) is 13.8 Å². The van der Waals surface area contributed by atoms with Crippen LogP contribution in [0.15, 0.2) is 30.5 Å². The van der Waals surface area contributed by atoms with Crippen molar-refractivity contribution < 1.29 is 14.3 Å². The molecular formula is C26H37N3O3. The lowest BCUT2D eigenvalue weighted by Gasteiger charge is -2.35. The molecular weight excluding hydrogens is 402 g/mol. The van der Waals surface area contributed by atoms with E-state index in [-0.39, 0.29) is 5.97 Å². The van der Waals surface area contributed by atoms with Crippen molar-refractivity contribution in [1.29, 1.82) is 0 Å². The van der Waals surface area contributed by atoms with Crippen molar-refractivity contribution in [2.24, 2.45) is 0 Å². The van der Waals surface area contributed by atoms with Crippen molar-refractivity contribution in [1.82, 2.24) is 9.88 Å². The lowest BCUT2D eigenvalue weighted by Crippen LogP contribution is -2.46.